The summed E-state index contributed by atoms with van der Waals surface area (Å²) in [7, 11) is 0. The Hall–Kier alpha value is -1.24. The number of hydrogen-bond donors (Lipinski definition) is 0. The number of ether oxygens (including phenoxy) is 1. The first kappa shape index (κ1) is 11.8. The number of rotatable bonds is 7. The molecule has 0 unspecified atom stereocenters. The molecule has 1 aromatic carbocycles. The number of hydrogen-bond acceptors (Lipinski definition) is 1. The lowest BCUT2D eigenvalue weighted by molar-refractivity contribution is 0.304. The largest absolute Gasteiger partial charge is 0.493 e. The molecule has 0 saturated heterocycles. The molecule has 0 heterocycles. The molecule has 0 amide bonds. The molecule has 1 heteroatoms. The van der Waals surface area contributed by atoms with E-state index in [1.165, 1.54) is 18.4 Å². The van der Waals surface area contributed by atoms with Gasteiger partial charge in [0.05, 0.1) is 6.61 Å². The molecule has 0 saturated carbocycles. The van der Waals surface area contributed by atoms with E-state index < -0.39 is 0 Å². The molecule has 1 nitrogen and oxygen atoms in total. The molecule has 0 aliphatic rings. The second-order valence-electron chi connectivity index (χ2n) is 3.66. The van der Waals surface area contributed by atoms with Gasteiger partial charge in [-0.1, -0.05) is 44.0 Å². The SMILES string of the molecule is C=CCc1ccccc1OCCCCC. The van der Waals surface area contributed by atoms with Crippen molar-refractivity contribution in [3.8, 4) is 5.75 Å². The van der Waals surface area contributed by atoms with Crippen LogP contribution in [-0.4, -0.2) is 6.61 Å². The summed E-state index contributed by atoms with van der Waals surface area (Å²) in [4.78, 5) is 0. The standard InChI is InChI=1S/C14H20O/c1-3-5-8-12-15-14-11-7-6-10-13(14)9-4-2/h4,6-7,10-11H,2-3,5,8-9,12H2,1H3. The average Bonchev–Trinajstić information content (AvgIpc) is 2.27. The fraction of sp³-hybridized carbons (Fsp3) is 0.429. The Morgan fingerprint density at radius 2 is 2.07 bits per heavy atom. The molecule has 0 N–H and O–H groups in total. The van der Waals surface area contributed by atoms with E-state index in [4.69, 9.17) is 4.74 Å². The number of para-hydroxylation sites is 1. The number of unbranched alkanes of at least 4 members (excludes halogenated alkanes) is 2. The van der Waals surface area contributed by atoms with Gasteiger partial charge in [0.1, 0.15) is 5.75 Å². The van der Waals surface area contributed by atoms with Crippen molar-refractivity contribution in [1.82, 2.24) is 0 Å². The summed E-state index contributed by atoms with van der Waals surface area (Å²) in [5, 5.41) is 0. The van der Waals surface area contributed by atoms with Gasteiger partial charge in [-0.25, -0.2) is 0 Å². The topological polar surface area (TPSA) is 9.23 Å². The third-order valence-corrected chi connectivity index (χ3v) is 2.34. The van der Waals surface area contributed by atoms with E-state index in [-0.39, 0.29) is 0 Å². The van der Waals surface area contributed by atoms with Gasteiger partial charge in [0.2, 0.25) is 0 Å². The fourth-order valence-corrected chi connectivity index (χ4v) is 1.50. The molecular formula is C14H20O. The molecule has 0 fully saturated rings. The van der Waals surface area contributed by atoms with Crippen LogP contribution in [0.2, 0.25) is 0 Å². The monoisotopic (exact) mass is 204 g/mol. The van der Waals surface area contributed by atoms with E-state index in [0.717, 1.165) is 25.2 Å². The maximum Gasteiger partial charge on any atom is 0.122 e. The summed E-state index contributed by atoms with van der Waals surface area (Å²) in [5.74, 6) is 1.01. The molecule has 0 aromatic heterocycles. The minimum Gasteiger partial charge on any atom is -0.493 e. The Bertz CT molecular complexity index is 291. The predicted molar refractivity (Wildman–Crippen MR) is 65.4 cm³/mol. The van der Waals surface area contributed by atoms with Gasteiger partial charge in [0, 0.05) is 0 Å². The van der Waals surface area contributed by atoms with E-state index in [1.807, 2.05) is 24.3 Å². The summed E-state index contributed by atoms with van der Waals surface area (Å²) in [6.07, 6.45) is 6.40. The lowest BCUT2D eigenvalue weighted by atomic mass is 10.1. The second kappa shape index (κ2) is 7.10. The maximum absolute atomic E-state index is 5.74. The lowest BCUT2D eigenvalue weighted by Gasteiger charge is -2.09. The van der Waals surface area contributed by atoms with Crippen molar-refractivity contribution < 1.29 is 4.74 Å². The van der Waals surface area contributed by atoms with Crippen LogP contribution in [0.15, 0.2) is 36.9 Å². The van der Waals surface area contributed by atoms with Gasteiger partial charge in [0.15, 0.2) is 0 Å². The molecule has 0 spiro atoms. The predicted octanol–water partition coefficient (Wildman–Crippen LogP) is 3.98. The first-order valence-electron chi connectivity index (χ1n) is 5.70. The zero-order valence-corrected chi connectivity index (χ0v) is 9.54. The van der Waals surface area contributed by atoms with Crippen molar-refractivity contribution in [2.75, 3.05) is 6.61 Å². The summed E-state index contributed by atoms with van der Waals surface area (Å²) in [6, 6.07) is 8.18. The summed E-state index contributed by atoms with van der Waals surface area (Å²) >= 11 is 0. The smallest absolute Gasteiger partial charge is 0.122 e. The van der Waals surface area contributed by atoms with Crippen molar-refractivity contribution in [3.05, 3.63) is 42.5 Å². The molecule has 1 aromatic rings. The van der Waals surface area contributed by atoms with Gasteiger partial charge in [-0.15, -0.1) is 6.58 Å². The van der Waals surface area contributed by atoms with Gasteiger partial charge in [-0.3, -0.25) is 0 Å². The zero-order chi connectivity index (χ0) is 10.9. The van der Waals surface area contributed by atoms with Crippen LogP contribution in [0, 0.1) is 0 Å². The highest BCUT2D eigenvalue weighted by Gasteiger charge is 2.00. The third-order valence-electron chi connectivity index (χ3n) is 2.34. The van der Waals surface area contributed by atoms with Gasteiger partial charge < -0.3 is 4.74 Å². The van der Waals surface area contributed by atoms with Crippen LogP contribution >= 0.6 is 0 Å². The quantitative estimate of drug-likeness (QED) is 0.482. The van der Waals surface area contributed by atoms with Gasteiger partial charge in [-0.2, -0.15) is 0 Å². The molecule has 82 valence electrons. The van der Waals surface area contributed by atoms with E-state index in [0.29, 0.717) is 0 Å². The second-order valence-corrected chi connectivity index (χ2v) is 3.66. The summed E-state index contributed by atoms with van der Waals surface area (Å²) < 4.78 is 5.74. The number of allylic oxidation sites excluding steroid dienone is 1. The Morgan fingerprint density at radius 3 is 2.80 bits per heavy atom. The highest BCUT2D eigenvalue weighted by molar-refractivity contribution is 5.34. The van der Waals surface area contributed by atoms with Gasteiger partial charge >= 0.3 is 0 Å². The zero-order valence-electron chi connectivity index (χ0n) is 9.54. The summed E-state index contributed by atoms with van der Waals surface area (Å²) in [6.45, 7) is 6.77. The maximum atomic E-state index is 5.74. The average molecular weight is 204 g/mol. The van der Waals surface area contributed by atoms with Crippen LogP contribution in [0.3, 0.4) is 0 Å². The molecule has 15 heavy (non-hydrogen) atoms. The minimum absolute atomic E-state index is 0.821. The Morgan fingerprint density at radius 1 is 1.27 bits per heavy atom. The van der Waals surface area contributed by atoms with E-state index in [1.54, 1.807) is 0 Å². The summed E-state index contributed by atoms with van der Waals surface area (Å²) in [5.41, 5.74) is 1.23. The number of benzene rings is 1. The molecule has 1 rings (SSSR count). The first-order valence-corrected chi connectivity index (χ1v) is 5.70. The highest BCUT2D eigenvalue weighted by Crippen LogP contribution is 2.19. The minimum atomic E-state index is 0.821. The Balaban J connectivity index is 2.47. The van der Waals surface area contributed by atoms with Crippen molar-refractivity contribution in [2.45, 2.75) is 32.6 Å². The van der Waals surface area contributed by atoms with Gasteiger partial charge in [-0.05, 0) is 24.5 Å². The van der Waals surface area contributed by atoms with Crippen LogP contribution < -0.4 is 4.74 Å². The first-order chi connectivity index (χ1) is 7.38. The molecule has 0 atom stereocenters. The fourth-order valence-electron chi connectivity index (χ4n) is 1.50. The normalized spacial score (nSPS) is 9.93. The van der Waals surface area contributed by atoms with E-state index in [9.17, 15) is 0 Å². The van der Waals surface area contributed by atoms with Crippen molar-refractivity contribution >= 4 is 0 Å². The van der Waals surface area contributed by atoms with Crippen LogP contribution in [0.25, 0.3) is 0 Å². The molecule has 0 bridgehead atoms. The van der Waals surface area contributed by atoms with Crippen LogP contribution in [-0.2, 0) is 6.42 Å². The van der Waals surface area contributed by atoms with Gasteiger partial charge in [0.25, 0.3) is 0 Å². The van der Waals surface area contributed by atoms with E-state index in [2.05, 4.69) is 19.6 Å². The Kier molecular flexibility index (Phi) is 5.60. The van der Waals surface area contributed by atoms with Crippen LogP contribution in [0.1, 0.15) is 31.7 Å². The molecule has 0 radical (unpaired) electrons. The molecular weight excluding hydrogens is 184 g/mol. The third kappa shape index (κ3) is 4.20. The Labute approximate surface area is 92.8 Å². The van der Waals surface area contributed by atoms with Crippen LogP contribution in [0.5, 0.6) is 5.75 Å². The lowest BCUT2D eigenvalue weighted by Crippen LogP contribution is -1.99. The molecule has 0 aliphatic heterocycles. The van der Waals surface area contributed by atoms with Crippen LogP contribution in [0.4, 0.5) is 0 Å². The highest BCUT2D eigenvalue weighted by atomic mass is 16.5. The van der Waals surface area contributed by atoms with Crippen molar-refractivity contribution in [3.63, 3.8) is 0 Å². The van der Waals surface area contributed by atoms with Crippen molar-refractivity contribution in [1.29, 1.82) is 0 Å². The van der Waals surface area contributed by atoms with E-state index >= 15 is 0 Å². The molecule has 0 aliphatic carbocycles. The van der Waals surface area contributed by atoms with Crippen molar-refractivity contribution in [2.24, 2.45) is 0 Å².